The first-order valence-corrected chi connectivity index (χ1v) is 10.4. The molecular weight excluding hydrogens is 400 g/mol. The number of ether oxygens (including phenoxy) is 1. The highest BCUT2D eigenvalue weighted by atomic mass is 32.1. The Morgan fingerprint density at radius 1 is 1.17 bits per heavy atom. The van der Waals surface area contributed by atoms with Crippen LogP contribution in [0, 0.1) is 0 Å². The molecule has 0 amide bonds. The van der Waals surface area contributed by atoms with E-state index in [4.69, 9.17) is 17.0 Å². The Morgan fingerprint density at radius 3 is 2.60 bits per heavy atom. The lowest BCUT2D eigenvalue weighted by atomic mass is 10.00. The number of hydrogen-bond acceptors (Lipinski definition) is 6. The molecule has 1 aromatic heterocycles. The lowest BCUT2D eigenvalue weighted by molar-refractivity contribution is 0.418. The highest BCUT2D eigenvalue weighted by Gasteiger charge is 2.35. The summed E-state index contributed by atoms with van der Waals surface area (Å²) in [7, 11) is 1.65. The highest BCUT2D eigenvalue weighted by molar-refractivity contribution is 7.80. The van der Waals surface area contributed by atoms with Gasteiger partial charge in [0, 0.05) is 17.1 Å². The molecule has 1 unspecified atom stereocenters. The zero-order chi connectivity index (χ0) is 21.6. The van der Waals surface area contributed by atoms with Crippen molar-refractivity contribution in [2.45, 2.75) is 39.2 Å². The minimum Gasteiger partial charge on any atom is -0.508 e. The van der Waals surface area contributed by atoms with Crippen molar-refractivity contribution in [1.82, 2.24) is 15.9 Å². The van der Waals surface area contributed by atoms with E-state index in [9.17, 15) is 10.2 Å². The maximum Gasteiger partial charge on any atom is 0.144 e. The van der Waals surface area contributed by atoms with Crippen LogP contribution in [0.15, 0.2) is 30.3 Å². The Balaban J connectivity index is 1.88. The third-order valence-electron chi connectivity index (χ3n) is 5.57. The van der Waals surface area contributed by atoms with Gasteiger partial charge < -0.3 is 19.9 Å². The molecule has 4 rings (SSSR count). The van der Waals surface area contributed by atoms with Gasteiger partial charge in [-0.15, -0.1) is 5.53 Å². The molecule has 1 aliphatic heterocycles. The predicted molar refractivity (Wildman–Crippen MR) is 122 cm³/mol. The molecule has 2 heterocycles. The molecule has 1 atom stereocenters. The molecule has 3 aromatic rings. The fourth-order valence-electron chi connectivity index (χ4n) is 3.89. The van der Waals surface area contributed by atoms with Crippen molar-refractivity contribution < 1.29 is 14.9 Å². The number of hydrazine groups is 2. The van der Waals surface area contributed by atoms with Crippen LogP contribution in [-0.4, -0.2) is 27.3 Å². The van der Waals surface area contributed by atoms with Crippen LogP contribution in [0.5, 0.6) is 17.2 Å². The van der Waals surface area contributed by atoms with Crippen LogP contribution in [0.2, 0.25) is 0 Å². The van der Waals surface area contributed by atoms with E-state index in [0.717, 1.165) is 33.5 Å². The van der Waals surface area contributed by atoms with Gasteiger partial charge in [-0.2, -0.15) is 0 Å². The molecule has 5 N–H and O–H groups in total. The fourth-order valence-corrected chi connectivity index (χ4v) is 4.16. The van der Waals surface area contributed by atoms with Crippen LogP contribution in [-0.2, 0) is 6.42 Å². The Bertz CT molecular complexity index is 1130. The molecular formula is C22H26N4O3S. The van der Waals surface area contributed by atoms with Gasteiger partial charge in [0.15, 0.2) is 0 Å². The minimum absolute atomic E-state index is 0.0320. The second-order valence-electron chi connectivity index (χ2n) is 7.72. The van der Waals surface area contributed by atoms with Crippen molar-refractivity contribution in [1.29, 1.82) is 0 Å². The summed E-state index contributed by atoms with van der Waals surface area (Å²) >= 11 is 5.62. The Labute approximate surface area is 180 Å². The number of nitrogens with zero attached hydrogens (tertiary/aromatic N) is 1. The van der Waals surface area contributed by atoms with Crippen molar-refractivity contribution in [2.24, 2.45) is 0 Å². The number of hydrogen-bond donors (Lipinski definition) is 5. The number of nitrogens with one attached hydrogen (secondary N) is 3. The molecule has 0 bridgehead atoms. The third-order valence-corrected chi connectivity index (χ3v) is 5.89. The summed E-state index contributed by atoms with van der Waals surface area (Å²) in [4.78, 5) is 4.06. The number of aromatic amines is 1. The summed E-state index contributed by atoms with van der Waals surface area (Å²) in [5, 5.41) is 23.4. The summed E-state index contributed by atoms with van der Waals surface area (Å²) in [5.41, 5.74) is 10.3. The molecule has 1 saturated heterocycles. The molecule has 0 radical (unpaired) electrons. The standard InChI is InChI=1S/C22H26N4O3S/c1-5-12-8-16(18(28)10-17(12)27)26-21(22(30)24-25-26)13-6-7-19(29-4)20-14(13)9-15(23-20)11(2)3/h6-11,21,23,25,27-28H,5H2,1-4H3,(H,24,30). The largest absolute Gasteiger partial charge is 0.508 e. The van der Waals surface area contributed by atoms with Crippen LogP contribution in [0.25, 0.3) is 10.9 Å². The SMILES string of the molecule is CCc1cc(N2NNC(=S)C2c2ccc(OC)c3[nH]c(C(C)C)cc23)c(O)cc1O. The van der Waals surface area contributed by atoms with E-state index >= 15 is 0 Å². The van der Waals surface area contributed by atoms with Crippen LogP contribution in [0.3, 0.4) is 0 Å². The number of H-pyrrole nitrogens is 1. The van der Waals surface area contributed by atoms with Gasteiger partial charge >= 0.3 is 0 Å². The van der Waals surface area contributed by atoms with Gasteiger partial charge in [-0.3, -0.25) is 10.4 Å². The number of methoxy groups -OCH3 is 1. The number of aromatic hydroxyl groups is 2. The highest BCUT2D eigenvalue weighted by Crippen LogP contribution is 2.42. The van der Waals surface area contributed by atoms with Crippen LogP contribution in [0.4, 0.5) is 5.69 Å². The number of anilines is 1. The van der Waals surface area contributed by atoms with Crippen molar-refractivity contribution in [3.8, 4) is 17.2 Å². The molecule has 0 saturated carbocycles. The average Bonchev–Trinajstić information content (AvgIpc) is 3.32. The van der Waals surface area contributed by atoms with Crippen molar-refractivity contribution in [3.05, 3.63) is 47.2 Å². The monoisotopic (exact) mass is 426 g/mol. The van der Waals surface area contributed by atoms with E-state index in [-0.39, 0.29) is 17.5 Å². The number of aryl methyl sites for hydroxylation is 1. The molecule has 2 aromatic carbocycles. The first-order valence-electron chi connectivity index (χ1n) is 9.94. The number of phenols is 2. The summed E-state index contributed by atoms with van der Waals surface area (Å²) < 4.78 is 5.56. The quantitative estimate of drug-likeness (QED) is 0.391. The van der Waals surface area contributed by atoms with Crippen LogP contribution >= 0.6 is 12.2 Å². The number of phenolic OH excluding ortho intramolecular Hbond substituents is 2. The lowest BCUT2D eigenvalue weighted by Crippen LogP contribution is -2.37. The molecule has 158 valence electrons. The van der Waals surface area contributed by atoms with E-state index in [1.807, 2.05) is 19.1 Å². The summed E-state index contributed by atoms with van der Waals surface area (Å²) in [6, 6.07) is 8.83. The number of benzene rings is 2. The van der Waals surface area contributed by atoms with Gasteiger partial charge in [0.25, 0.3) is 0 Å². The molecule has 1 fully saturated rings. The zero-order valence-electron chi connectivity index (χ0n) is 17.4. The number of thiocarbonyl (C=S) groups is 1. The first-order chi connectivity index (χ1) is 14.3. The minimum atomic E-state index is -0.357. The molecule has 0 aliphatic carbocycles. The Morgan fingerprint density at radius 2 is 1.93 bits per heavy atom. The number of rotatable bonds is 5. The van der Waals surface area contributed by atoms with Gasteiger partial charge in [-0.25, -0.2) is 0 Å². The number of aromatic nitrogens is 1. The molecule has 8 heteroatoms. The van der Waals surface area contributed by atoms with Crippen molar-refractivity contribution >= 4 is 33.8 Å². The Kier molecular flexibility index (Phi) is 5.21. The van der Waals surface area contributed by atoms with E-state index in [2.05, 4.69) is 35.9 Å². The average molecular weight is 427 g/mol. The number of fused-ring (bicyclic) bond motifs is 1. The van der Waals surface area contributed by atoms with E-state index in [0.29, 0.717) is 23.0 Å². The van der Waals surface area contributed by atoms with Gasteiger partial charge in [0.05, 0.1) is 18.3 Å². The van der Waals surface area contributed by atoms with E-state index < -0.39 is 0 Å². The molecule has 30 heavy (non-hydrogen) atoms. The van der Waals surface area contributed by atoms with Gasteiger partial charge in [0.1, 0.15) is 28.3 Å². The second kappa shape index (κ2) is 7.70. The maximum atomic E-state index is 10.6. The first kappa shape index (κ1) is 20.3. The third kappa shape index (κ3) is 3.22. The van der Waals surface area contributed by atoms with Crippen molar-refractivity contribution in [3.63, 3.8) is 0 Å². The fraction of sp³-hybridized carbons (Fsp3) is 0.318. The smallest absolute Gasteiger partial charge is 0.144 e. The van der Waals surface area contributed by atoms with E-state index in [1.54, 1.807) is 18.2 Å². The topological polar surface area (TPSA) is 92.8 Å². The molecule has 0 spiro atoms. The summed E-state index contributed by atoms with van der Waals surface area (Å²) in [5.74, 6) is 1.13. The van der Waals surface area contributed by atoms with Gasteiger partial charge in [0.2, 0.25) is 0 Å². The summed E-state index contributed by atoms with van der Waals surface area (Å²) in [6.45, 7) is 6.22. The molecule has 7 nitrogen and oxygen atoms in total. The van der Waals surface area contributed by atoms with E-state index in [1.165, 1.54) is 6.07 Å². The van der Waals surface area contributed by atoms with Gasteiger partial charge in [-0.1, -0.05) is 39.1 Å². The van der Waals surface area contributed by atoms with Crippen LogP contribution < -0.4 is 20.7 Å². The van der Waals surface area contributed by atoms with Gasteiger partial charge in [-0.05, 0) is 41.7 Å². The predicted octanol–water partition coefficient (Wildman–Crippen LogP) is 4.17. The zero-order valence-corrected chi connectivity index (χ0v) is 18.2. The van der Waals surface area contributed by atoms with Crippen LogP contribution in [0.1, 0.15) is 49.6 Å². The Hall–Kier alpha value is -2.97. The lowest BCUT2D eigenvalue weighted by Gasteiger charge is -2.26. The normalized spacial score (nSPS) is 16.5. The molecule has 1 aliphatic rings. The van der Waals surface area contributed by atoms with Crippen molar-refractivity contribution in [2.75, 3.05) is 12.1 Å². The maximum absolute atomic E-state index is 10.6. The summed E-state index contributed by atoms with van der Waals surface area (Å²) in [6.07, 6.45) is 0.637. The second-order valence-corrected chi connectivity index (χ2v) is 8.16.